The third-order valence-electron chi connectivity index (χ3n) is 2.77. The predicted octanol–water partition coefficient (Wildman–Crippen LogP) is 3.34. The molecular weight excluding hydrogens is 220 g/mol. The van der Waals surface area contributed by atoms with Crippen LogP contribution in [0.4, 0.5) is 0 Å². The van der Waals surface area contributed by atoms with Gasteiger partial charge in [0.25, 0.3) is 0 Å². The first-order chi connectivity index (χ1) is 7.72. The van der Waals surface area contributed by atoms with E-state index in [2.05, 4.69) is 18.4 Å². The van der Waals surface area contributed by atoms with Gasteiger partial charge in [0.15, 0.2) is 0 Å². The largest absolute Gasteiger partial charge is 0.466 e. The average molecular weight is 236 g/mol. The third-order valence-corrected chi connectivity index (χ3v) is 3.94. The van der Waals surface area contributed by atoms with Gasteiger partial charge in [0.2, 0.25) is 0 Å². The van der Waals surface area contributed by atoms with Gasteiger partial charge in [0.05, 0.1) is 13.0 Å². The lowest BCUT2D eigenvalue weighted by atomic mass is 9.93. The van der Waals surface area contributed by atoms with Crippen LogP contribution in [0.3, 0.4) is 0 Å². The Bertz CT molecular complexity index is 429. The van der Waals surface area contributed by atoms with Crippen LogP contribution in [0.25, 0.3) is 5.57 Å². The quantitative estimate of drug-likeness (QED) is 0.752. The average Bonchev–Trinajstić information content (AvgIpc) is 2.62. The van der Waals surface area contributed by atoms with E-state index in [4.69, 9.17) is 4.74 Å². The Balaban J connectivity index is 2.19. The number of esters is 1. The number of allylic oxidation sites excluding steroid dienone is 1. The van der Waals surface area contributed by atoms with Crippen LogP contribution < -0.4 is 0 Å². The van der Waals surface area contributed by atoms with Gasteiger partial charge in [-0.15, -0.1) is 11.3 Å². The molecule has 3 heteroatoms. The van der Waals surface area contributed by atoms with Crippen LogP contribution >= 0.6 is 11.3 Å². The second kappa shape index (κ2) is 4.83. The van der Waals surface area contributed by atoms with E-state index in [-0.39, 0.29) is 5.97 Å². The van der Waals surface area contributed by atoms with Gasteiger partial charge < -0.3 is 4.74 Å². The van der Waals surface area contributed by atoms with Crippen LogP contribution in [0.1, 0.15) is 35.8 Å². The highest BCUT2D eigenvalue weighted by Gasteiger charge is 2.19. The van der Waals surface area contributed by atoms with Crippen molar-refractivity contribution in [2.45, 2.75) is 33.1 Å². The van der Waals surface area contributed by atoms with Crippen molar-refractivity contribution >= 4 is 22.9 Å². The second-order valence-electron chi connectivity index (χ2n) is 3.97. The number of ether oxygens (including phenoxy) is 1. The molecule has 0 atom stereocenters. The lowest BCUT2D eigenvalue weighted by Gasteiger charge is -2.14. The Labute approximate surface area is 99.9 Å². The summed E-state index contributed by atoms with van der Waals surface area (Å²) in [5.74, 6) is -0.118. The third kappa shape index (κ3) is 2.19. The molecule has 1 aliphatic rings. The van der Waals surface area contributed by atoms with E-state index in [0.29, 0.717) is 13.0 Å². The number of carbonyl (C=O) groups is 1. The van der Waals surface area contributed by atoms with Crippen LogP contribution in [0, 0.1) is 6.92 Å². The Morgan fingerprint density at radius 2 is 2.38 bits per heavy atom. The van der Waals surface area contributed by atoms with Gasteiger partial charge in [-0.1, -0.05) is 6.08 Å². The first kappa shape index (κ1) is 11.4. The number of hydrogen-bond donors (Lipinski definition) is 0. The van der Waals surface area contributed by atoms with E-state index >= 15 is 0 Å². The molecule has 1 aromatic rings. The van der Waals surface area contributed by atoms with Gasteiger partial charge >= 0.3 is 5.97 Å². The van der Waals surface area contributed by atoms with Crippen molar-refractivity contribution in [3.8, 4) is 0 Å². The molecule has 1 heterocycles. The minimum atomic E-state index is -0.118. The highest BCUT2D eigenvalue weighted by molar-refractivity contribution is 7.10. The van der Waals surface area contributed by atoms with Crippen molar-refractivity contribution in [3.05, 3.63) is 27.5 Å². The summed E-state index contributed by atoms with van der Waals surface area (Å²) in [6.45, 7) is 4.41. The predicted molar refractivity (Wildman–Crippen MR) is 66.6 cm³/mol. The molecule has 16 heavy (non-hydrogen) atoms. The molecule has 2 rings (SSSR count). The van der Waals surface area contributed by atoms with Crippen LogP contribution in [0.5, 0.6) is 0 Å². The van der Waals surface area contributed by atoms with E-state index in [1.54, 1.807) is 11.3 Å². The molecule has 0 saturated heterocycles. The number of hydrogen-bond acceptors (Lipinski definition) is 3. The van der Waals surface area contributed by atoms with E-state index in [1.165, 1.54) is 16.0 Å². The molecule has 0 radical (unpaired) electrons. The molecular formula is C13H16O2S. The van der Waals surface area contributed by atoms with Gasteiger partial charge in [-0.2, -0.15) is 0 Å². The molecule has 1 aromatic heterocycles. The van der Waals surface area contributed by atoms with Crippen molar-refractivity contribution in [2.24, 2.45) is 0 Å². The Morgan fingerprint density at radius 1 is 1.56 bits per heavy atom. The molecule has 0 amide bonds. The maximum absolute atomic E-state index is 11.5. The number of aryl methyl sites for hydroxylation is 2. The molecule has 86 valence electrons. The lowest BCUT2D eigenvalue weighted by Crippen LogP contribution is -2.07. The minimum Gasteiger partial charge on any atom is -0.466 e. The van der Waals surface area contributed by atoms with E-state index in [0.717, 1.165) is 18.4 Å². The SMILES string of the molecule is CCOC(=O)CC1=CCCc2scc(C)c21. The fourth-order valence-electron chi connectivity index (χ4n) is 2.12. The molecule has 0 bridgehead atoms. The highest BCUT2D eigenvalue weighted by atomic mass is 32.1. The number of thiophene rings is 1. The molecule has 0 fully saturated rings. The summed E-state index contributed by atoms with van der Waals surface area (Å²) < 4.78 is 5.00. The summed E-state index contributed by atoms with van der Waals surface area (Å²) in [5.41, 5.74) is 3.73. The van der Waals surface area contributed by atoms with Crippen LogP contribution in [0.15, 0.2) is 11.5 Å². The van der Waals surface area contributed by atoms with Crippen molar-refractivity contribution in [1.29, 1.82) is 0 Å². The number of fused-ring (bicyclic) bond motifs is 1. The summed E-state index contributed by atoms with van der Waals surface area (Å²) in [7, 11) is 0. The summed E-state index contributed by atoms with van der Waals surface area (Å²) in [6, 6.07) is 0. The van der Waals surface area contributed by atoms with Gasteiger partial charge in [0, 0.05) is 4.88 Å². The molecule has 0 saturated carbocycles. The molecule has 2 nitrogen and oxygen atoms in total. The Kier molecular flexibility index (Phi) is 3.44. The first-order valence-corrected chi connectivity index (χ1v) is 6.52. The van der Waals surface area contributed by atoms with Gasteiger partial charge in [-0.3, -0.25) is 4.79 Å². The second-order valence-corrected chi connectivity index (χ2v) is 4.93. The summed E-state index contributed by atoms with van der Waals surface area (Å²) in [6.07, 6.45) is 4.75. The fraction of sp³-hybridized carbons (Fsp3) is 0.462. The molecule has 1 aliphatic carbocycles. The Morgan fingerprint density at radius 3 is 3.12 bits per heavy atom. The van der Waals surface area contributed by atoms with Crippen LogP contribution in [0.2, 0.25) is 0 Å². The van der Waals surface area contributed by atoms with Crippen molar-refractivity contribution in [2.75, 3.05) is 6.61 Å². The summed E-state index contributed by atoms with van der Waals surface area (Å²) >= 11 is 1.80. The molecule has 0 spiro atoms. The van der Waals surface area contributed by atoms with Crippen LogP contribution in [-0.4, -0.2) is 12.6 Å². The van der Waals surface area contributed by atoms with E-state index < -0.39 is 0 Å². The van der Waals surface area contributed by atoms with E-state index in [1.807, 2.05) is 6.92 Å². The standard InChI is InChI=1S/C13H16O2S/c1-3-15-12(14)7-10-5-4-6-11-13(10)9(2)8-16-11/h5,8H,3-4,6-7H2,1-2H3. The monoisotopic (exact) mass is 236 g/mol. The molecule has 0 aromatic carbocycles. The first-order valence-electron chi connectivity index (χ1n) is 5.64. The number of rotatable bonds is 3. The zero-order chi connectivity index (χ0) is 11.5. The Hall–Kier alpha value is -1.09. The highest BCUT2D eigenvalue weighted by Crippen LogP contribution is 2.35. The summed E-state index contributed by atoms with van der Waals surface area (Å²) in [4.78, 5) is 12.9. The van der Waals surface area contributed by atoms with Gasteiger partial charge in [0.1, 0.15) is 0 Å². The minimum absolute atomic E-state index is 0.118. The fourth-order valence-corrected chi connectivity index (χ4v) is 3.20. The smallest absolute Gasteiger partial charge is 0.310 e. The van der Waals surface area contributed by atoms with Gasteiger partial charge in [-0.25, -0.2) is 0 Å². The van der Waals surface area contributed by atoms with Gasteiger partial charge in [-0.05, 0) is 48.8 Å². The van der Waals surface area contributed by atoms with Crippen molar-refractivity contribution < 1.29 is 9.53 Å². The van der Waals surface area contributed by atoms with Crippen LogP contribution in [-0.2, 0) is 16.0 Å². The normalized spacial score (nSPS) is 14.2. The zero-order valence-electron chi connectivity index (χ0n) is 9.71. The number of carbonyl (C=O) groups excluding carboxylic acids is 1. The molecule has 0 unspecified atom stereocenters. The van der Waals surface area contributed by atoms with Crippen molar-refractivity contribution in [1.82, 2.24) is 0 Å². The lowest BCUT2D eigenvalue weighted by molar-refractivity contribution is -0.141. The zero-order valence-corrected chi connectivity index (χ0v) is 10.5. The van der Waals surface area contributed by atoms with Crippen molar-refractivity contribution in [3.63, 3.8) is 0 Å². The van der Waals surface area contributed by atoms with E-state index in [9.17, 15) is 4.79 Å². The summed E-state index contributed by atoms with van der Waals surface area (Å²) in [5, 5.41) is 2.18. The molecule has 0 aliphatic heterocycles. The molecule has 0 N–H and O–H groups in total. The maximum atomic E-state index is 11.5. The topological polar surface area (TPSA) is 26.3 Å². The maximum Gasteiger partial charge on any atom is 0.310 e.